The third-order valence-electron chi connectivity index (χ3n) is 2.27. The number of ether oxygens (including phenoxy) is 1. The van der Waals surface area contributed by atoms with Crippen molar-refractivity contribution in [2.45, 2.75) is 31.9 Å². The molecule has 0 radical (unpaired) electrons. The highest BCUT2D eigenvalue weighted by Crippen LogP contribution is 2.09. The Morgan fingerprint density at radius 2 is 2.06 bits per heavy atom. The number of aliphatic carboxylic acids is 1. The summed E-state index contributed by atoms with van der Waals surface area (Å²) in [4.78, 5) is 22.6. The van der Waals surface area contributed by atoms with E-state index in [9.17, 15) is 9.59 Å². The van der Waals surface area contributed by atoms with Crippen molar-refractivity contribution in [3.63, 3.8) is 0 Å². The number of carboxylic acids is 1. The van der Waals surface area contributed by atoms with Gasteiger partial charge in [0.1, 0.15) is 11.6 Å². The quantitative estimate of drug-likeness (QED) is 0.696. The van der Waals surface area contributed by atoms with Crippen LogP contribution in [0, 0.1) is 0 Å². The molecule has 6 heteroatoms. The maximum Gasteiger partial charge on any atom is 0.326 e. The molecule has 5 nitrogen and oxygen atoms in total. The van der Waals surface area contributed by atoms with E-state index in [4.69, 9.17) is 9.84 Å². The van der Waals surface area contributed by atoms with E-state index in [1.54, 1.807) is 25.6 Å². The Hall–Kier alpha value is -0.750. The average Bonchev–Trinajstić information content (AvgIpc) is 2.23. The number of hydrogen-bond acceptors (Lipinski definition) is 4. The van der Waals surface area contributed by atoms with Crippen molar-refractivity contribution in [3.05, 3.63) is 0 Å². The molecule has 1 amide bonds. The first kappa shape index (κ1) is 15.2. The molecule has 0 aromatic carbocycles. The van der Waals surface area contributed by atoms with Crippen molar-refractivity contribution < 1.29 is 19.4 Å². The highest BCUT2D eigenvalue weighted by Gasteiger charge is 2.30. The average molecular weight is 249 g/mol. The molecule has 0 saturated heterocycles. The summed E-state index contributed by atoms with van der Waals surface area (Å²) in [7, 11) is 1.41. The zero-order chi connectivity index (χ0) is 12.8. The third kappa shape index (κ3) is 4.85. The summed E-state index contributed by atoms with van der Waals surface area (Å²) < 4.78 is 4.97. The van der Waals surface area contributed by atoms with E-state index in [1.807, 2.05) is 6.26 Å². The first-order valence-electron chi connectivity index (χ1n) is 4.93. The molecule has 0 aliphatic carbocycles. The Bertz CT molecular complexity index is 255. The topological polar surface area (TPSA) is 75.6 Å². The minimum Gasteiger partial charge on any atom is -0.480 e. The summed E-state index contributed by atoms with van der Waals surface area (Å²) in [6.45, 7) is 3.19. The van der Waals surface area contributed by atoms with Gasteiger partial charge in [0.15, 0.2) is 0 Å². The van der Waals surface area contributed by atoms with Crippen molar-refractivity contribution in [2.24, 2.45) is 0 Å². The summed E-state index contributed by atoms with van der Waals surface area (Å²) in [6, 6.07) is -0.852. The van der Waals surface area contributed by atoms with Gasteiger partial charge in [0, 0.05) is 7.11 Å². The van der Waals surface area contributed by atoms with Crippen LogP contribution in [0.3, 0.4) is 0 Å². The van der Waals surface area contributed by atoms with E-state index in [1.165, 1.54) is 7.11 Å². The summed E-state index contributed by atoms with van der Waals surface area (Å²) in [5, 5.41) is 11.4. The van der Waals surface area contributed by atoms with Gasteiger partial charge in [-0.1, -0.05) is 0 Å². The Kier molecular flexibility index (Phi) is 6.43. The predicted molar refractivity (Wildman–Crippen MR) is 63.7 cm³/mol. The standard InChI is InChI=1S/C10H19NO4S/c1-10(2,15-3)9(14)11-7(8(12)13)5-6-16-4/h7H,5-6H2,1-4H3,(H,11,14)(H,12,13). The van der Waals surface area contributed by atoms with Crippen molar-refractivity contribution in [1.82, 2.24) is 5.32 Å². The number of rotatable bonds is 7. The zero-order valence-electron chi connectivity index (χ0n) is 10.1. The number of hydrogen-bond donors (Lipinski definition) is 2. The van der Waals surface area contributed by atoms with E-state index >= 15 is 0 Å². The van der Waals surface area contributed by atoms with Gasteiger partial charge in [-0.25, -0.2) is 4.79 Å². The number of amides is 1. The van der Waals surface area contributed by atoms with E-state index < -0.39 is 23.5 Å². The molecule has 1 unspecified atom stereocenters. The lowest BCUT2D eigenvalue weighted by Crippen LogP contribution is -2.50. The van der Waals surface area contributed by atoms with Gasteiger partial charge >= 0.3 is 5.97 Å². The van der Waals surface area contributed by atoms with Crippen LogP contribution in [-0.2, 0) is 14.3 Å². The molecule has 0 spiro atoms. The second-order valence-corrected chi connectivity index (χ2v) is 4.85. The van der Waals surface area contributed by atoms with Crippen molar-refractivity contribution in [2.75, 3.05) is 19.1 Å². The van der Waals surface area contributed by atoms with Crippen LogP contribution in [0.5, 0.6) is 0 Å². The molecule has 0 aromatic heterocycles. The zero-order valence-corrected chi connectivity index (χ0v) is 10.9. The fourth-order valence-electron chi connectivity index (χ4n) is 0.918. The van der Waals surface area contributed by atoms with Gasteiger partial charge in [-0.15, -0.1) is 0 Å². The minimum atomic E-state index is -1.02. The van der Waals surface area contributed by atoms with Gasteiger partial charge in [-0.2, -0.15) is 11.8 Å². The molecule has 94 valence electrons. The first-order valence-corrected chi connectivity index (χ1v) is 6.32. The molecule has 0 aromatic rings. The van der Waals surface area contributed by atoms with Gasteiger partial charge in [-0.3, -0.25) is 4.79 Å². The molecular formula is C10H19NO4S. The molecule has 0 aliphatic heterocycles. The number of nitrogens with one attached hydrogen (secondary N) is 1. The predicted octanol–water partition coefficient (Wildman–Crippen LogP) is 0.734. The number of thioether (sulfide) groups is 1. The third-order valence-corrected chi connectivity index (χ3v) is 2.92. The molecule has 0 bridgehead atoms. The van der Waals surface area contributed by atoms with Crippen LogP contribution in [0.15, 0.2) is 0 Å². The maximum absolute atomic E-state index is 11.7. The number of carboxylic acid groups (broad SMARTS) is 1. The van der Waals surface area contributed by atoms with Crippen LogP contribution >= 0.6 is 11.8 Å². The molecule has 0 aliphatic rings. The van der Waals surface area contributed by atoms with Gasteiger partial charge in [0.05, 0.1) is 0 Å². The smallest absolute Gasteiger partial charge is 0.326 e. The second kappa shape index (κ2) is 6.75. The van der Waals surface area contributed by atoms with Crippen LogP contribution < -0.4 is 5.32 Å². The fraction of sp³-hybridized carbons (Fsp3) is 0.800. The largest absolute Gasteiger partial charge is 0.480 e. The van der Waals surface area contributed by atoms with E-state index in [0.29, 0.717) is 12.2 Å². The van der Waals surface area contributed by atoms with Crippen molar-refractivity contribution >= 4 is 23.6 Å². The fourth-order valence-corrected chi connectivity index (χ4v) is 1.39. The molecule has 2 N–H and O–H groups in total. The normalized spacial score (nSPS) is 13.2. The molecule has 16 heavy (non-hydrogen) atoms. The summed E-state index contributed by atoms with van der Waals surface area (Å²) >= 11 is 1.54. The number of carbonyl (C=O) groups excluding carboxylic acids is 1. The monoisotopic (exact) mass is 249 g/mol. The van der Waals surface area contributed by atoms with Crippen LogP contribution in [0.2, 0.25) is 0 Å². The number of carbonyl (C=O) groups is 2. The lowest BCUT2D eigenvalue weighted by atomic mass is 10.1. The summed E-state index contributed by atoms with van der Waals surface area (Å²) in [5.74, 6) is -0.747. The minimum absolute atomic E-state index is 0.405. The highest BCUT2D eigenvalue weighted by atomic mass is 32.2. The maximum atomic E-state index is 11.7. The van der Waals surface area contributed by atoms with Crippen LogP contribution in [0.4, 0.5) is 0 Å². The van der Waals surface area contributed by atoms with Crippen LogP contribution in [0.1, 0.15) is 20.3 Å². The van der Waals surface area contributed by atoms with Gasteiger partial charge in [-0.05, 0) is 32.3 Å². The van der Waals surface area contributed by atoms with Crippen molar-refractivity contribution in [3.8, 4) is 0 Å². The van der Waals surface area contributed by atoms with E-state index in [0.717, 1.165) is 0 Å². The molecule has 0 heterocycles. The molecule has 0 rings (SSSR count). The Morgan fingerprint density at radius 1 is 1.50 bits per heavy atom. The SMILES string of the molecule is COC(C)(C)C(=O)NC(CCSC)C(=O)O. The Morgan fingerprint density at radius 3 is 2.44 bits per heavy atom. The second-order valence-electron chi connectivity index (χ2n) is 3.86. The van der Waals surface area contributed by atoms with Gasteiger partial charge in [0.25, 0.3) is 5.91 Å². The lowest BCUT2D eigenvalue weighted by Gasteiger charge is -2.24. The number of methoxy groups -OCH3 is 1. The Balaban J connectivity index is 4.40. The summed E-state index contributed by atoms with van der Waals surface area (Å²) in [6.07, 6.45) is 2.29. The van der Waals surface area contributed by atoms with E-state index in [2.05, 4.69) is 5.32 Å². The lowest BCUT2D eigenvalue weighted by molar-refractivity contribution is -0.147. The molecule has 1 atom stereocenters. The molecular weight excluding hydrogens is 230 g/mol. The highest BCUT2D eigenvalue weighted by molar-refractivity contribution is 7.98. The Labute approximate surface area is 99.9 Å². The first-order chi connectivity index (χ1) is 7.35. The van der Waals surface area contributed by atoms with Gasteiger partial charge < -0.3 is 15.2 Å². The summed E-state index contributed by atoms with van der Waals surface area (Å²) in [5.41, 5.74) is -1.01. The van der Waals surface area contributed by atoms with Crippen LogP contribution in [0.25, 0.3) is 0 Å². The molecule has 0 fully saturated rings. The van der Waals surface area contributed by atoms with Crippen LogP contribution in [-0.4, -0.2) is 47.7 Å². The molecule has 0 saturated carbocycles. The van der Waals surface area contributed by atoms with E-state index in [-0.39, 0.29) is 0 Å². The van der Waals surface area contributed by atoms with Gasteiger partial charge in [0.2, 0.25) is 0 Å². The van der Waals surface area contributed by atoms with Crippen molar-refractivity contribution in [1.29, 1.82) is 0 Å².